The number of rotatable bonds is 4. The standard InChI is InChI=1S/C11H21N3O2.2ClH/c15-9-7-10(13-8-9)11(16)12-3-6-14-4-1-2-5-14;;/h9-10,13,15H,1-8H2,(H,12,16);2*1H. The van der Waals surface area contributed by atoms with Crippen molar-refractivity contribution in [3.05, 3.63) is 0 Å². The van der Waals surface area contributed by atoms with E-state index in [0.717, 1.165) is 19.6 Å². The van der Waals surface area contributed by atoms with Gasteiger partial charge in [-0.05, 0) is 32.4 Å². The lowest BCUT2D eigenvalue weighted by molar-refractivity contribution is -0.122. The molecule has 0 bridgehead atoms. The summed E-state index contributed by atoms with van der Waals surface area (Å²) in [6.45, 7) is 4.52. The summed E-state index contributed by atoms with van der Waals surface area (Å²) in [5, 5.41) is 15.2. The van der Waals surface area contributed by atoms with E-state index >= 15 is 0 Å². The lowest BCUT2D eigenvalue weighted by atomic mass is 10.2. The van der Waals surface area contributed by atoms with Crippen LogP contribution in [0.2, 0.25) is 0 Å². The number of hydrogen-bond acceptors (Lipinski definition) is 4. The van der Waals surface area contributed by atoms with Crippen LogP contribution < -0.4 is 10.6 Å². The van der Waals surface area contributed by atoms with Crippen molar-refractivity contribution in [2.24, 2.45) is 0 Å². The molecule has 1 amide bonds. The summed E-state index contributed by atoms with van der Waals surface area (Å²) in [5.74, 6) is 0.0238. The largest absolute Gasteiger partial charge is 0.392 e. The Hall–Kier alpha value is -0.0700. The highest BCUT2D eigenvalue weighted by Crippen LogP contribution is 2.07. The fourth-order valence-electron chi connectivity index (χ4n) is 2.38. The van der Waals surface area contributed by atoms with Gasteiger partial charge < -0.3 is 20.6 Å². The normalized spacial score (nSPS) is 27.4. The van der Waals surface area contributed by atoms with E-state index in [1.807, 2.05) is 0 Å². The molecule has 0 aromatic rings. The predicted octanol–water partition coefficient (Wildman–Crippen LogP) is -0.235. The van der Waals surface area contributed by atoms with E-state index in [2.05, 4.69) is 15.5 Å². The molecule has 0 aliphatic carbocycles. The molecule has 2 atom stereocenters. The summed E-state index contributed by atoms with van der Waals surface area (Å²) in [5.41, 5.74) is 0. The molecule has 2 aliphatic rings. The number of nitrogens with one attached hydrogen (secondary N) is 2. The number of carbonyl (C=O) groups is 1. The van der Waals surface area contributed by atoms with Gasteiger partial charge in [0.25, 0.3) is 0 Å². The number of nitrogens with zero attached hydrogens (tertiary/aromatic N) is 1. The van der Waals surface area contributed by atoms with Crippen LogP contribution in [0.25, 0.3) is 0 Å². The topological polar surface area (TPSA) is 64.6 Å². The SMILES string of the molecule is Cl.Cl.O=C(NCCN1CCCC1)C1CC(O)CN1. The van der Waals surface area contributed by atoms with Crippen molar-refractivity contribution in [1.82, 2.24) is 15.5 Å². The Labute approximate surface area is 120 Å². The molecule has 2 unspecified atom stereocenters. The maximum Gasteiger partial charge on any atom is 0.237 e. The molecule has 2 heterocycles. The van der Waals surface area contributed by atoms with Crippen LogP contribution in [0.15, 0.2) is 0 Å². The van der Waals surface area contributed by atoms with Crippen LogP contribution in [-0.4, -0.2) is 60.8 Å². The number of hydrogen-bond donors (Lipinski definition) is 3. The number of amides is 1. The Bertz CT molecular complexity index is 250. The Morgan fingerprint density at radius 1 is 1.33 bits per heavy atom. The fourth-order valence-corrected chi connectivity index (χ4v) is 2.38. The van der Waals surface area contributed by atoms with E-state index in [9.17, 15) is 9.90 Å². The van der Waals surface area contributed by atoms with Gasteiger partial charge in [0, 0.05) is 19.6 Å². The molecule has 0 aromatic heterocycles. The van der Waals surface area contributed by atoms with E-state index in [1.165, 1.54) is 12.8 Å². The highest BCUT2D eigenvalue weighted by molar-refractivity contribution is 5.85. The van der Waals surface area contributed by atoms with Crippen molar-refractivity contribution in [1.29, 1.82) is 0 Å². The summed E-state index contributed by atoms with van der Waals surface area (Å²) < 4.78 is 0. The second kappa shape index (κ2) is 8.93. The molecular formula is C11H23Cl2N3O2. The maximum absolute atomic E-state index is 11.7. The molecule has 18 heavy (non-hydrogen) atoms. The van der Waals surface area contributed by atoms with E-state index in [1.54, 1.807) is 0 Å². The van der Waals surface area contributed by atoms with E-state index in [0.29, 0.717) is 19.5 Å². The zero-order valence-corrected chi connectivity index (χ0v) is 12.1. The van der Waals surface area contributed by atoms with Crippen molar-refractivity contribution in [2.75, 3.05) is 32.7 Å². The van der Waals surface area contributed by atoms with Gasteiger partial charge in [-0.15, -0.1) is 24.8 Å². The fraction of sp³-hybridized carbons (Fsp3) is 0.909. The van der Waals surface area contributed by atoms with Crippen LogP contribution in [0.5, 0.6) is 0 Å². The third-order valence-corrected chi connectivity index (χ3v) is 3.35. The summed E-state index contributed by atoms with van der Waals surface area (Å²) in [6.07, 6.45) is 2.74. The molecule has 0 radical (unpaired) electrons. The van der Waals surface area contributed by atoms with Gasteiger partial charge in [0.05, 0.1) is 12.1 Å². The van der Waals surface area contributed by atoms with Crippen molar-refractivity contribution < 1.29 is 9.90 Å². The second-order valence-electron chi connectivity index (χ2n) is 4.69. The molecule has 0 aromatic carbocycles. The average Bonchev–Trinajstić information content (AvgIpc) is 2.89. The Morgan fingerprint density at radius 3 is 2.56 bits per heavy atom. The van der Waals surface area contributed by atoms with Crippen molar-refractivity contribution in [2.45, 2.75) is 31.4 Å². The molecule has 7 heteroatoms. The molecule has 0 spiro atoms. The third kappa shape index (κ3) is 5.28. The molecule has 2 fully saturated rings. The van der Waals surface area contributed by atoms with Gasteiger partial charge in [0.1, 0.15) is 0 Å². The van der Waals surface area contributed by atoms with Gasteiger partial charge in [-0.3, -0.25) is 4.79 Å². The van der Waals surface area contributed by atoms with Crippen LogP contribution in [0.4, 0.5) is 0 Å². The van der Waals surface area contributed by atoms with Crippen LogP contribution >= 0.6 is 24.8 Å². The highest BCUT2D eigenvalue weighted by Gasteiger charge is 2.27. The van der Waals surface area contributed by atoms with Crippen LogP contribution in [-0.2, 0) is 4.79 Å². The summed E-state index contributed by atoms with van der Waals surface area (Å²) >= 11 is 0. The molecule has 2 rings (SSSR count). The summed E-state index contributed by atoms with van der Waals surface area (Å²) in [7, 11) is 0. The Morgan fingerprint density at radius 2 is 2.00 bits per heavy atom. The molecule has 108 valence electrons. The van der Waals surface area contributed by atoms with Gasteiger partial charge in [0.15, 0.2) is 0 Å². The molecule has 2 aliphatic heterocycles. The van der Waals surface area contributed by atoms with Gasteiger partial charge in [0.2, 0.25) is 5.91 Å². The van der Waals surface area contributed by atoms with Gasteiger partial charge in [-0.2, -0.15) is 0 Å². The highest BCUT2D eigenvalue weighted by atomic mass is 35.5. The van der Waals surface area contributed by atoms with Crippen LogP contribution in [0.3, 0.4) is 0 Å². The first kappa shape index (κ1) is 17.9. The minimum absolute atomic E-state index is 0. The number of halogens is 2. The average molecular weight is 300 g/mol. The van der Waals surface area contributed by atoms with E-state index < -0.39 is 0 Å². The quantitative estimate of drug-likeness (QED) is 0.671. The zero-order chi connectivity index (χ0) is 11.4. The van der Waals surface area contributed by atoms with E-state index in [-0.39, 0.29) is 42.9 Å². The zero-order valence-electron chi connectivity index (χ0n) is 10.4. The molecular weight excluding hydrogens is 277 g/mol. The van der Waals surface area contributed by atoms with Crippen LogP contribution in [0.1, 0.15) is 19.3 Å². The van der Waals surface area contributed by atoms with Gasteiger partial charge in [-0.25, -0.2) is 0 Å². The molecule has 0 saturated carbocycles. The monoisotopic (exact) mass is 299 g/mol. The number of β-amino-alcohol motifs (C(OH)–C–C–N with tert-alkyl or cyclic N) is 1. The van der Waals surface area contributed by atoms with Crippen molar-refractivity contribution in [3.63, 3.8) is 0 Å². The first-order valence-electron chi connectivity index (χ1n) is 6.17. The number of aliphatic hydroxyl groups excluding tert-OH is 1. The van der Waals surface area contributed by atoms with Gasteiger partial charge in [-0.1, -0.05) is 0 Å². The predicted molar refractivity (Wildman–Crippen MR) is 75.6 cm³/mol. The molecule has 2 saturated heterocycles. The number of carbonyl (C=O) groups excluding carboxylic acids is 1. The van der Waals surface area contributed by atoms with E-state index in [4.69, 9.17) is 0 Å². The minimum Gasteiger partial charge on any atom is -0.392 e. The third-order valence-electron chi connectivity index (χ3n) is 3.35. The smallest absolute Gasteiger partial charge is 0.237 e. The number of aliphatic hydroxyl groups is 1. The van der Waals surface area contributed by atoms with Crippen LogP contribution in [0, 0.1) is 0 Å². The van der Waals surface area contributed by atoms with Crippen molar-refractivity contribution in [3.8, 4) is 0 Å². The lowest BCUT2D eigenvalue weighted by Gasteiger charge is -2.16. The Balaban J connectivity index is 0.00000144. The lowest BCUT2D eigenvalue weighted by Crippen LogP contribution is -2.43. The molecule has 3 N–H and O–H groups in total. The molecule has 5 nitrogen and oxygen atoms in total. The maximum atomic E-state index is 11.7. The summed E-state index contributed by atoms with van der Waals surface area (Å²) in [4.78, 5) is 14.0. The summed E-state index contributed by atoms with van der Waals surface area (Å²) in [6, 6.07) is -0.200. The van der Waals surface area contributed by atoms with Crippen molar-refractivity contribution >= 4 is 30.7 Å². The second-order valence-corrected chi connectivity index (χ2v) is 4.69. The Kier molecular flexibility index (Phi) is 8.90. The number of likely N-dealkylation sites (tertiary alicyclic amines) is 1. The van der Waals surface area contributed by atoms with Gasteiger partial charge >= 0.3 is 0 Å². The first-order chi connectivity index (χ1) is 7.75. The first-order valence-corrected chi connectivity index (χ1v) is 6.17. The minimum atomic E-state index is -0.366.